The van der Waals surface area contributed by atoms with Crippen molar-refractivity contribution in [3.8, 4) is 6.07 Å². The van der Waals surface area contributed by atoms with E-state index in [1.54, 1.807) is 13.0 Å². The van der Waals surface area contributed by atoms with Gasteiger partial charge in [-0.05, 0) is 31.5 Å². The first kappa shape index (κ1) is 15.6. The van der Waals surface area contributed by atoms with Gasteiger partial charge >= 0.3 is 12.1 Å². The molecule has 0 N–H and O–H groups in total. The van der Waals surface area contributed by atoms with Gasteiger partial charge in [0.05, 0.1) is 18.7 Å². The van der Waals surface area contributed by atoms with Crippen molar-refractivity contribution in [1.82, 2.24) is 4.90 Å². The van der Waals surface area contributed by atoms with Crippen LogP contribution in [0.15, 0.2) is 29.3 Å². The van der Waals surface area contributed by atoms with Gasteiger partial charge in [0.1, 0.15) is 11.7 Å². The lowest BCUT2D eigenvalue weighted by Gasteiger charge is -2.34. The first-order chi connectivity index (χ1) is 10.5. The van der Waals surface area contributed by atoms with E-state index in [0.29, 0.717) is 5.56 Å². The minimum atomic E-state index is -0.968. The van der Waals surface area contributed by atoms with Gasteiger partial charge in [-0.1, -0.05) is 12.1 Å². The van der Waals surface area contributed by atoms with Crippen LogP contribution >= 0.6 is 0 Å². The number of rotatable bonds is 2. The maximum atomic E-state index is 13.5. The number of benzene rings is 1. The maximum absolute atomic E-state index is 13.5. The van der Waals surface area contributed by atoms with E-state index < -0.39 is 29.9 Å². The van der Waals surface area contributed by atoms with Gasteiger partial charge in [0.2, 0.25) is 0 Å². The van der Waals surface area contributed by atoms with E-state index >= 15 is 0 Å². The summed E-state index contributed by atoms with van der Waals surface area (Å²) in [6.07, 6.45) is -0.904. The van der Waals surface area contributed by atoms with Gasteiger partial charge in [-0.2, -0.15) is 5.26 Å². The van der Waals surface area contributed by atoms with Gasteiger partial charge in [0.15, 0.2) is 0 Å². The van der Waals surface area contributed by atoms with Crippen molar-refractivity contribution in [3.63, 3.8) is 0 Å². The summed E-state index contributed by atoms with van der Waals surface area (Å²) in [7, 11) is 0. The molecule has 2 unspecified atom stereocenters. The lowest BCUT2D eigenvalue weighted by atomic mass is 9.88. The number of hydrogen-bond acceptors (Lipinski definition) is 4. The quantitative estimate of drug-likeness (QED) is 0.840. The van der Waals surface area contributed by atoms with E-state index in [9.17, 15) is 19.2 Å². The number of hydrogen-bond donors (Lipinski definition) is 0. The average molecular weight is 303 g/mol. The molecular weight excluding hydrogens is 289 g/mol. The second kappa shape index (κ2) is 6.35. The predicted molar refractivity (Wildman–Crippen MR) is 75.6 cm³/mol. The zero-order valence-electron chi connectivity index (χ0n) is 12.1. The second-order valence-electron chi connectivity index (χ2n) is 4.71. The van der Waals surface area contributed by atoms with Gasteiger partial charge in [-0.15, -0.1) is 0 Å². The summed E-state index contributed by atoms with van der Waals surface area (Å²) in [4.78, 5) is 28.6. The zero-order chi connectivity index (χ0) is 16.3. The van der Waals surface area contributed by atoms with Crippen LogP contribution in [0.5, 0.6) is 0 Å². The van der Waals surface area contributed by atoms with E-state index in [0.717, 1.165) is 4.90 Å². The van der Waals surface area contributed by atoms with Crippen LogP contribution in [0.2, 0.25) is 0 Å². The molecule has 22 heavy (non-hydrogen) atoms. The average Bonchev–Trinajstić information content (AvgIpc) is 2.46. The first-order valence-electron chi connectivity index (χ1n) is 6.69. The largest absolute Gasteiger partial charge is 0.449 e. The standard InChI is InChI=1S/C15H14FN3O3/c1-3-22-15(21)19-13(10-5-4-6-11(16)7-10)12(8-17)9(2)18-14(19)20/h4-7,12-13H,3H2,1-2H3. The highest BCUT2D eigenvalue weighted by Crippen LogP contribution is 2.34. The van der Waals surface area contributed by atoms with E-state index in [1.807, 2.05) is 6.07 Å². The van der Waals surface area contributed by atoms with Gasteiger partial charge in [-0.3, -0.25) is 0 Å². The lowest BCUT2D eigenvalue weighted by Crippen LogP contribution is -2.46. The summed E-state index contributed by atoms with van der Waals surface area (Å²) in [5.41, 5.74) is 0.615. The molecule has 2 atom stereocenters. The van der Waals surface area contributed by atoms with E-state index in [4.69, 9.17) is 4.74 Å². The fourth-order valence-electron chi connectivity index (χ4n) is 2.35. The number of carbonyl (C=O) groups excluding carboxylic acids is 2. The molecule has 114 valence electrons. The molecule has 1 aromatic rings. The monoisotopic (exact) mass is 303 g/mol. The Balaban J connectivity index is 2.55. The number of nitriles is 1. The van der Waals surface area contributed by atoms with Gasteiger partial charge in [0.25, 0.3) is 0 Å². The van der Waals surface area contributed by atoms with Crippen LogP contribution in [-0.4, -0.2) is 29.3 Å². The molecule has 1 heterocycles. The number of aliphatic imine (C=N–C) groups is 1. The second-order valence-corrected chi connectivity index (χ2v) is 4.71. The first-order valence-corrected chi connectivity index (χ1v) is 6.69. The molecule has 0 aliphatic carbocycles. The molecule has 0 saturated carbocycles. The Morgan fingerprint density at radius 2 is 2.27 bits per heavy atom. The highest BCUT2D eigenvalue weighted by atomic mass is 19.1. The molecule has 1 aliphatic heterocycles. The molecule has 0 saturated heterocycles. The van der Waals surface area contributed by atoms with Crippen molar-refractivity contribution in [3.05, 3.63) is 35.6 Å². The summed E-state index contributed by atoms with van der Waals surface area (Å²) in [6.45, 7) is 3.19. The van der Waals surface area contributed by atoms with E-state index in [1.165, 1.54) is 25.1 Å². The molecule has 1 aromatic carbocycles. The topological polar surface area (TPSA) is 82.8 Å². The van der Waals surface area contributed by atoms with Crippen molar-refractivity contribution in [2.75, 3.05) is 6.61 Å². The molecule has 7 heteroatoms. The van der Waals surface area contributed by atoms with Crippen molar-refractivity contribution in [2.24, 2.45) is 10.9 Å². The van der Waals surface area contributed by atoms with Crippen LogP contribution in [0.1, 0.15) is 25.5 Å². The third kappa shape index (κ3) is 2.81. The van der Waals surface area contributed by atoms with Crippen LogP contribution in [0.4, 0.5) is 14.0 Å². The highest BCUT2D eigenvalue weighted by Gasteiger charge is 2.42. The Kier molecular flexibility index (Phi) is 4.51. The molecule has 2 rings (SSSR count). The van der Waals surface area contributed by atoms with Gasteiger partial charge in [-0.25, -0.2) is 23.9 Å². The number of carbonyl (C=O) groups is 2. The molecule has 1 aliphatic rings. The Morgan fingerprint density at radius 1 is 1.55 bits per heavy atom. The summed E-state index contributed by atoms with van der Waals surface area (Å²) < 4.78 is 18.3. The molecule has 0 radical (unpaired) electrons. The van der Waals surface area contributed by atoms with Crippen LogP contribution in [0.25, 0.3) is 0 Å². The van der Waals surface area contributed by atoms with E-state index in [-0.39, 0.29) is 12.3 Å². The van der Waals surface area contributed by atoms with Crippen molar-refractivity contribution >= 4 is 17.8 Å². The fraction of sp³-hybridized carbons (Fsp3) is 0.333. The lowest BCUT2D eigenvalue weighted by molar-refractivity contribution is 0.0981. The van der Waals surface area contributed by atoms with Crippen LogP contribution in [0, 0.1) is 23.1 Å². The minimum absolute atomic E-state index is 0.0679. The molecule has 0 spiro atoms. The summed E-state index contributed by atoms with van der Waals surface area (Å²) in [5, 5.41) is 9.36. The van der Waals surface area contributed by atoms with Crippen molar-refractivity contribution in [1.29, 1.82) is 5.26 Å². The summed E-state index contributed by atoms with van der Waals surface area (Å²) in [5.74, 6) is -1.38. The molecular formula is C15H14FN3O3. The minimum Gasteiger partial charge on any atom is -0.449 e. The molecule has 6 nitrogen and oxygen atoms in total. The Labute approximate surface area is 126 Å². The number of imide groups is 1. The molecule has 3 amide bonds. The van der Waals surface area contributed by atoms with Crippen LogP contribution in [-0.2, 0) is 4.74 Å². The Hall–Kier alpha value is -2.75. The van der Waals surface area contributed by atoms with Crippen LogP contribution < -0.4 is 0 Å². The Morgan fingerprint density at radius 3 is 2.86 bits per heavy atom. The van der Waals surface area contributed by atoms with Gasteiger partial charge < -0.3 is 4.74 Å². The molecule has 0 aromatic heterocycles. The third-order valence-electron chi connectivity index (χ3n) is 3.32. The summed E-state index contributed by atoms with van der Waals surface area (Å²) >= 11 is 0. The van der Waals surface area contributed by atoms with Crippen molar-refractivity contribution in [2.45, 2.75) is 19.9 Å². The number of urea groups is 1. The number of ether oxygens (including phenoxy) is 1. The SMILES string of the molecule is CCOC(=O)N1C(=O)N=C(C)C(C#N)C1c1cccc(F)c1. The highest BCUT2D eigenvalue weighted by molar-refractivity contribution is 6.04. The van der Waals surface area contributed by atoms with Crippen LogP contribution in [0.3, 0.4) is 0 Å². The number of halogens is 1. The number of nitrogens with zero attached hydrogens (tertiary/aromatic N) is 3. The van der Waals surface area contributed by atoms with Gasteiger partial charge in [0, 0.05) is 5.71 Å². The Bertz CT molecular complexity index is 681. The van der Waals surface area contributed by atoms with Crippen molar-refractivity contribution < 1.29 is 18.7 Å². The zero-order valence-corrected chi connectivity index (χ0v) is 12.1. The molecule has 0 bridgehead atoms. The fourth-order valence-corrected chi connectivity index (χ4v) is 2.35. The van der Waals surface area contributed by atoms with E-state index in [2.05, 4.69) is 4.99 Å². The predicted octanol–water partition coefficient (Wildman–Crippen LogP) is 3.06. The maximum Gasteiger partial charge on any atom is 0.418 e. The number of amides is 3. The molecule has 0 fully saturated rings. The normalized spacial score (nSPS) is 21.1. The smallest absolute Gasteiger partial charge is 0.418 e. The summed E-state index contributed by atoms with van der Waals surface area (Å²) in [6, 6.07) is 5.66. The third-order valence-corrected chi connectivity index (χ3v) is 3.32.